The molecule has 2 aliphatic rings. The van der Waals surface area contributed by atoms with Gasteiger partial charge in [0.25, 0.3) is 0 Å². The van der Waals surface area contributed by atoms with Crippen molar-refractivity contribution in [3.63, 3.8) is 0 Å². The minimum Gasteiger partial charge on any atom is -0.489 e. The van der Waals surface area contributed by atoms with Gasteiger partial charge in [0, 0.05) is 17.3 Å². The summed E-state index contributed by atoms with van der Waals surface area (Å²) in [7, 11) is 1.76. The quantitative estimate of drug-likeness (QED) is 0.895. The highest BCUT2D eigenvalue weighted by molar-refractivity contribution is 6.32. The van der Waals surface area contributed by atoms with Crippen molar-refractivity contribution in [2.24, 2.45) is 0 Å². The molecule has 2 N–H and O–H groups in total. The van der Waals surface area contributed by atoms with Gasteiger partial charge in [0.15, 0.2) is 0 Å². The van der Waals surface area contributed by atoms with Crippen molar-refractivity contribution < 1.29 is 9.53 Å². The van der Waals surface area contributed by atoms with Crippen molar-refractivity contribution in [1.82, 2.24) is 5.32 Å². The van der Waals surface area contributed by atoms with Crippen LogP contribution in [0.5, 0.6) is 5.75 Å². The molecule has 0 spiro atoms. The Morgan fingerprint density at radius 2 is 2.11 bits per heavy atom. The lowest BCUT2D eigenvalue weighted by Crippen LogP contribution is -2.23. The van der Waals surface area contributed by atoms with Gasteiger partial charge in [-0.1, -0.05) is 11.6 Å². The van der Waals surface area contributed by atoms with E-state index in [0.29, 0.717) is 10.8 Å². The molecule has 1 amide bonds. The summed E-state index contributed by atoms with van der Waals surface area (Å²) in [4.78, 5) is 11.8. The van der Waals surface area contributed by atoms with Crippen molar-refractivity contribution in [2.45, 2.75) is 37.8 Å². The van der Waals surface area contributed by atoms with Gasteiger partial charge in [-0.05, 0) is 38.8 Å². The summed E-state index contributed by atoms with van der Waals surface area (Å²) < 4.78 is 5.93. The van der Waals surface area contributed by atoms with Crippen LogP contribution < -0.4 is 15.4 Å². The topological polar surface area (TPSA) is 50.4 Å². The second kappa shape index (κ2) is 5.02. The molecule has 19 heavy (non-hydrogen) atoms. The van der Waals surface area contributed by atoms with Crippen LogP contribution in [0.1, 0.15) is 37.3 Å². The molecule has 0 bridgehead atoms. The third-order valence-corrected chi connectivity index (χ3v) is 4.11. The Bertz CT molecular complexity index is 512. The van der Waals surface area contributed by atoms with Crippen LogP contribution in [0.15, 0.2) is 12.1 Å². The van der Waals surface area contributed by atoms with Crippen molar-refractivity contribution in [3.05, 3.63) is 22.7 Å². The third kappa shape index (κ3) is 2.30. The molecule has 1 aliphatic heterocycles. The van der Waals surface area contributed by atoms with Crippen LogP contribution in [0.25, 0.3) is 0 Å². The van der Waals surface area contributed by atoms with Crippen LogP contribution in [-0.2, 0) is 4.79 Å². The summed E-state index contributed by atoms with van der Waals surface area (Å²) in [6, 6.07) is 3.33. The van der Waals surface area contributed by atoms with Crippen molar-refractivity contribution in [3.8, 4) is 5.75 Å². The molecule has 1 aromatic carbocycles. The number of rotatable bonds is 3. The highest BCUT2D eigenvalue weighted by Gasteiger charge is 2.31. The Morgan fingerprint density at radius 1 is 1.37 bits per heavy atom. The molecule has 1 unspecified atom stereocenters. The first-order valence-electron chi connectivity index (χ1n) is 6.67. The van der Waals surface area contributed by atoms with Crippen LogP contribution in [0.4, 0.5) is 5.69 Å². The summed E-state index contributed by atoms with van der Waals surface area (Å²) in [6.07, 6.45) is 4.85. The smallest absolute Gasteiger partial charge is 0.246 e. The Labute approximate surface area is 117 Å². The maximum atomic E-state index is 11.8. The SMILES string of the molecule is CNC1C(=O)Nc2cc(OC3CCCC3)c(Cl)cc21. The molecule has 1 aliphatic carbocycles. The Morgan fingerprint density at radius 3 is 2.79 bits per heavy atom. The first-order valence-corrected chi connectivity index (χ1v) is 7.05. The number of benzene rings is 1. The third-order valence-electron chi connectivity index (χ3n) is 3.82. The molecule has 3 rings (SSSR count). The largest absolute Gasteiger partial charge is 0.489 e. The number of halogens is 1. The molecule has 0 saturated heterocycles. The normalized spacial score (nSPS) is 22.4. The molecule has 0 aromatic heterocycles. The molecule has 5 heteroatoms. The lowest BCUT2D eigenvalue weighted by molar-refractivity contribution is -0.117. The van der Waals surface area contributed by atoms with Gasteiger partial charge in [-0.25, -0.2) is 0 Å². The number of carbonyl (C=O) groups excluding carboxylic acids is 1. The Hall–Kier alpha value is -1.26. The van der Waals surface area contributed by atoms with E-state index in [4.69, 9.17) is 16.3 Å². The number of carbonyl (C=O) groups is 1. The summed E-state index contributed by atoms with van der Waals surface area (Å²) in [5.74, 6) is 0.621. The van der Waals surface area contributed by atoms with E-state index in [1.54, 1.807) is 7.05 Å². The van der Waals surface area contributed by atoms with Gasteiger partial charge in [-0.3, -0.25) is 4.79 Å². The molecule has 1 fully saturated rings. The van der Waals surface area contributed by atoms with Gasteiger partial charge >= 0.3 is 0 Å². The number of fused-ring (bicyclic) bond motifs is 1. The van der Waals surface area contributed by atoms with Crippen LogP contribution >= 0.6 is 11.6 Å². The maximum absolute atomic E-state index is 11.8. The summed E-state index contributed by atoms with van der Waals surface area (Å²) in [5, 5.41) is 6.40. The van der Waals surface area contributed by atoms with E-state index >= 15 is 0 Å². The minimum atomic E-state index is -0.326. The van der Waals surface area contributed by atoms with Crippen LogP contribution in [0, 0.1) is 0 Å². The van der Waals surface area contributed by atoms with Gasteiger partial charge in [0.2, 0.25) is 5.91 Å². The number of ether oxygens (including phenoxy) is 1. The molecular formula is C14H17ClN2O2. The molecular weight excluding hydrogens is 264 g/mol. The zero-order valence-electron chi connectivity index (χ0n) is 10.8. The fourth-order valence-electron chi connectivity index (χ4n) is 2.82. The van der Waals surface area contributed by atoms with E-state index in [2.05, 4.69) is 10.6 Å². The predicted molar refractivity (Wildman–Crippen MR) is 74.8 cm³/mol. The van der Waals surface area contributed by atoms with Gasteiger partial charge < -0.3 is 15.4 Å². The highest BCUT2D eigenvalue weighted by Crippen LogP contribution is 2.39. The number of hydrogen-bond donors (Lipinski definition) is 2. The molecule has 1 aromatic rings. The zero-order valence-corrected chi connectivity index (χ0v) is 11.6. The minimum absolute atomic E-state index is 0.0495. The standard InChI is InChI=1S/C14H17ClN2O2/c1-16-13-9-6-10(15)12(7-11(9)17-14(13)18)19-8-4-2-3-5-8/h6-8,13,16H,2-5H2,1H3,(H,17,18). The van der Waals surface area contributed by atoms with Crippen LogP contribution in [0.2, 0.25) is 5.02 Å². The number of amides is 1. The number of likely N-dealkylation sites (N-methyl/N-ethyl adjacent to an activating group) is 1. The fraction of sp³-hybridized carbons (Fsp3) is 0.500. The molecule has 1 saturated carbocycles. The van der Waals surface area contributed by atoms with E-state index < -0.39 is 0 Å². The zero-order chi connectivity index (χ0) is 13.4. The Balaban J connectivity index is 1.88. The number of anilines is 1. The monoisotopic (exact) mass is 280 g/mol. The van der Waals surface area contributed by atoms with Gasteiger partial charge in [-0.15, -0.1) is 0 Å². The first-order chi connectivity index (χ1) is 9.19. The van der Waals surface area contributed by atoms with Gasteiger partial charge in [0.1, 0.15) is 11.8 Å². The predicted octanol–water partition coefficient (Wildman–Crippen LogP) is 2.87. The van der Waals surface area contributed by atoms with Crippen LogP contribution in [0.3, 0.4) is 0 Å². The second-order valence-electron chi connectivity index (χ2n) is 5.11. The van der Waals surface area contributed by atoms with E-state index in [1.165, 1.54) is 12.8 Å². The van der Waals surface area contributed by atoms with E-state index in [9.17, 15) is 4.79 Å². The summed E-state index contributed by atoms with van der Waals surface area (Å²) in [5.41, 5.74) is 1.68. The number of hydrogen-bond acceptors (Lipinski definition) is 3. The second-order valence-corrected chi connectivity index (χ2v) is 5.51. The molecule has 4 nitrogen and oxygen atoms in total. The average Bonchev–Trinajstić information content (AvgIpc) is 2.97. The van der Waals surface area contributed by atoms with Crippen molar-refractivity contribution in [2.75, 3.05) is 12.4 Å². The van der Waals surface area contributed by atoms with E-state index in [0.717, 1.165) is 24.1 Å². The molecule has 1 atom stereocenters. The van der Waals surface area contributed by atoms with Crippen LogP contribution in [-0.4, -0.2) is 19.1 Å². The van der Waals surface area contributed by atoms with E-state index in [1.807, 2.05) is 12.1 Å². The molecule has 102 valence electrons. The summed E-state index contributed by atoms with van der Waals surface area (Å²) >= 11 is 6.26. The number of nitrogens with one attached hydrogen (secondary N) is 2. The fourth-order valence-corrected chi connectivity index (χ4v) is 3.04. The average molecular weight is 281 g/mol. The van der Waals surface area contributed by atoms with E-state index in [-0.39, 0.29) is 18.1 Å². The highest BCUT2D eigenvalue weighted by atomic mass is 35.5. The van der Waals surface area contributed by atoms with Gasteiger partial charge in [-0.2, -0.15) is 0 Å². The summed E-state index contributed by atoms with van der Waals surface area (Å²) in [6.45, 7) is 0. The van der Waals surface area contributed by atoms with Gasteiger partial charge in [0.05, 0.1) is 11.1 Å². The lowest BCUT2D eigenvalue weighted by atomic mass is 10.1. The first kappa shape index (κ1) is 12.8. The maximum Gasteiger partial charge on any atom is 0.246 e. The molecule has 1 heterocycles. The molecule has 0 radical (unpaired) electrons. The lowest BCUT2D eigenvalue weighted by Gasteiger charge is -2.16. The Kier molecular flexibility index (Phi) is 3.37. The van der Waals surface area contributed by atoms with Crippen molar-refractivity contribution >= 4 is 23.2 Å². The van der Waals surface area contributed by atoms with Crippen molar-refractivity contribution in [1.29, 1.82) is 0 Å².